The van der Waals surface area contributed by atoms with Gasteiger partial charge < -0.3 is 19.5 Å². The zero-order valence-corrected chi connectivity index (χ0v) is 16.7. The molecule has 6 nitrogen and oxygen atoms in total. The Kier molecular flexibility index (Phi) is 7.44. The van der Waals surface area contributed by atoms with E-state index in [2.05, 4.69) is 5.32 Å². The van der Waals surface area contributed by atoms with Gasteiger partial charge in [-0.25, -0.2) is 4.79 Å². The molecule has 6 heteroatoms. The van der Waals surface area contributed by atoms with Crippen LogP contribution in [-0.2, 0) is 4.79 Å². The lowest BCUT2D eigenvalue weighted by atomic mass is 10.2. The number of amides is 1. The lowest BCUT2D eigenvalue weighted by Crippen LogP contribution is -2.14. The summed E-state index contributed by atoms with van der Waals surface area (Å²) >= 11 is 0. The molecule has 0 saturated carbocycles. The molecule has 0 radical (unpaired) electrons. The second-order valence-electron chi connectivity index (χ2n) is 6.33. The minimum Gasteiger partial charge on any atom is -0.490 e. The second kappa shape index (κ2) is 10.7. The van der Waals surface area contributed by atoms with Gasteiger partial charge in [0, 0.05) is 6.42 Å². The van der Waals surface area contributed by atoms with Crippen molar-refractivity contribution in [3.05, 3.63) is 84.4 Å². The van der Waals surface area contributed by atoms with E-state index < -0.39 is 5.97 Å². The molecule has 0 aliphatic rings. The summed E-state index contributed by atoms with van der Waals surface area (Å²) in [6, 6.07) is 23.0. The second-order valence-corrected chi connectivity index (χ2v) is 6.33. The van der Waals surface area contributed by atoms with Crippen molar-refractivity contribution < 1.29 is 23.8 Å². The summed E-state index contributed by atoms with van der Waals surface area (Å²) < 4.78 is 16.7. The zero-order chi connectivity index (χ0) is 21.2. The Balaban J connectivity index is 1.57. The number of carbonyl (C=O) groups excluding carboxylic acids is 2. The molecule has 0 aliphatic carbocycles. The van der Waals surface area contributed by atoms with Crippen LogP contribution in [0.15, 0.2) is 78.9 Å². The first-order chi connectivity index (χ1) is 14.7. The van der Waals surface area contributed by atoms with Gasteiger partial charge in [-0.15, -0.1) is 0 Å². The lowest BCUT2D eigenvalue weighted by Gasteiger charge is -2.12. The largest absolute Gasteiger partial charge is 0.490 e. The summed E-state index contributed by atoms with van der Waals surface area (Å²) in [7, 11) is 0. The molecule has 3 rings (SSSR count). The molecule has 0 saturated heterocycles. The van der Waals surface area contributed by atoms with Crippen LogP contribution in [0.25, 0.3) is 0 Å². The average Bonchev–Trinajstić information content (AvgIpc) is 2.79. The Bertz CT molecular complexity index is 988. The van der Waals surface area contributed by atoms with Crippen LogP contribution < -0.4 is 19.5 Å². The zero-order valence-electron chi connectivity index (χ0n) is 16.7. The highest BCUT2D eigenvalue weighted by Gasteiger charge is 2.13. The Labute approximate surface area is 175 Å². The van der Waals surface area contributed by atoms with E-state index in [0.29, 0.717) is 36.6 Å². The maximum Gasteiger partial charge on any atom is 0.343 e. The van der Waals surface area contributed by atoms with Crippen molar-refractivity contribution in [2.75, 3.05) is 18.5 Å². The molecule has 0 unspecified atom stereocenters. The van der Waals surface area contributed by atoms with Gasteiger partial charge >= 0.3 is 5.97 Å². The van der Waals surface area contributed by atoms with Gasteiger partial charge in [0.1, 0.15) is 24.7 Å². The molecule has 0 aliphatic heterocycles. The highest BCUT2D eigenvalue weighted by molar-refractivity contribution is 5.95. The van der Waals surface area contributed by atoms with E-state index in [1.807, 2.05) is 30.3 Å². The fourth-order valence-electron chi connectivity index (χ4n) is 2.60. The summed E-state index contributed by atoms with van der Waals surface area (Å²) in [5.74, 6) is 0.888. The van der Waals surface area contributed by atoms with E-state index in [4.69, 9.17) is 14.2 Å². The van der Waals surface area contributed by atoms with Crippen molar-refractivity contribution >= 4 is 17.6 Å². The van der Waals surface area contributed by atoms with Crippen molar-refractivity contribution in [2.24, 2.45) is 0 Å². The van der Waals surface area contributed by atoms with E-state index in [0.717, 1.165) is 5.75 Å². The van der Waals surface area contributed by atoms with Crippen molar-refractivity contribution in [1.82, 2.24) is 0 Å². The van der Waals surface area contributed by atoms with Gasteiger partial charge in [-0.05, 0) is 42.5 Å². The van der Waals surface area contributed by atoms with E-state index in [1.54, 1.807) is 55.5 Å². The molecule has 0 fully saturated rings. The van der Waals surface area contributed by atoms with Crippen molar-refractivity contribution in [2.45, 2.75) is 13.3 Å². The van der Waals surface area contributed by atoms with Gasteiger partial charge in [0.15, 0.2) is 5.75 Å². The van der Waals surface area contributed by atoms with E-state index >= 15 is 0 Å². The van der Waals surface area contributed by atoms with Gasteiger partial charge in [0.25, 0.3) is 0 Å². The molecule has 0 heterocycles. The normalized spacial score (nSPS) is 10.2. The quantitative estimate of drug-likeness (QED) is 0.317. The lowest BCUT2D eigenvalue weighted by molar-refractivity contribution is -0.115. The van der Waals surface area contributed by atoms with Crippen LogP contribution in [0, 0.1) is 0 Å². The Morgan fingerprint density at radius 2 is 1.47 bits per heavy atom. The fraction of sp³-hybridized carbons (Fsp3) is 0.167. The number of hydrogen-bond donors (Lipinski definition) is 1. The molecule has 0 spiro atoms. The van der Waals surface area contributed by atoms with Crippen LogP contribution in [0.2, 0.25) is 0 Å². The Morgan fingerprint density at radius 3 is 2.23 bits per heavy atom. The maximum absolute atomic E-state index is 12.6. The molecular formula is C24H23NO5. The minimum absolute atomic E-state index is 0.161. The maximum atomic E-state index is 12.6. The molecule has 1 amide bonds. The summed E-state index contributed by atoms with van der Waals surface area (Å²) in [5.41, 5.74) is 0.788. The van der Waals surface area contributed by atoms with Crippen LogP contribution in [0.3, 0.4) is 0 Å². The molecular weight excluding hydrogens is 382 g/mol. The van der Waals surface area contributed by atoms with E-state index in [-0.39, 0.29) is 11.7 Å². The number of esters is 1. The first-order valence-corrected chi connectivity index (χ1v) is 9.67. The van der Waals surface area contributed by atoms with Gasteiger partial charge in [-0.2, -0.15) is 0 Å². The molecule has 0 aromatic heterocycles. The van der Waals surface area contributed by atoms with Gasteiger partial charge in [-0.1, -0.05) is 43.3 Å². The van der Waals surface area contributed by atoms with Gasteiger partial charge in [-0.3, -0.25) is 4.79 Å². The number of benzene rings is 3. The van der Waals surface area contributed by atoms with Crippen molar-refractivity contribution in [3.8, 4) is 17.2 Å². The number of ether oxygens (including phenoxy) is 3. The molecule has 3 aromatic rings. The highest BCUT2D eigenvalue weighted by atomic mass is 16.5. The van der Waals surface area contributed by atoms with Gasteiger partial charge in [0.05, 0.1) is 11.3 Å². The summed E-state index contributed by atoms with van der Waals surface area (Å²) in [4.78, 5) is 24.2. The van der Waals surface area contributed by atoms with E-state index in [1.165, 1.54) is 0 Å². The summed E-state index contributed by atoms with van der Waals surface area (Å²) in [6.45, 7) is 2.46. The number of hydrogen-bond acceptors (Lipinski definition) is 5. The molecule has 154 valence electrons. The number of carbonyl (C=O) groups is 2. The SMILES string of the molecule is CCC(=O)Nc1ccccc1OC(=O)c1cccc(OCCOc2ccccc2)c1. The van der Waals surface area contributed by atoms with Crippen LogP contribution in [0.5, 0.6) is 17.2 Å². The van der Waals surface area contributed by atoms with Crippen molar-refractivity contribution in [1.29, 1.82) is 0 Å². The van der Waals surface area contributed by atoms with Crippen LogP contribution in [-0.4, -0.2) is 25.1 Å². The molecule has 3 aromatic carbocycles. The van der Waals surface area contributed by atoms with Crippen molar-refractivity contribution in [3.63, 3.8) is 0 Å². The topological polar surface area (TPSA) is 73.9 Å². The molecule has 1 N–H and O–H groups in total. The molecule has 30 heavy (non-hydrogen) atoms. The first kappa shape index (κ1) is 20.9. The first-order valence-electron chi connectivity index (χ1n) is 9.67. The minimum atomic E-state index is -0.542. The van der Waals surface area contributed by atoms with Gasteiger partial charge in [0.2, 0.25) is 5.91 Å². The van der Waals surface area contributed by atoms with Crippen LogP contribution >= 0.6 is 0 Å². The third-order valence-electron chi connectivity index (χ3n) is 4.12. The number of nitrogens with one attached hydrogen (secondary N) is 1. The predicted molar refractivity (Wildman–Crippen MR) is 114 cm³/mol. The standard InChI is InChI=1S/C24H23NO5/c1-2-23(26)25-21-13-6-7-14-22(21)30-24(27)18-9-8-12-20(17-18)29-16-15-28-19-10-4-3-5-11-19/h3-14,17H,2,15-16H2,1H3,(H,25,26). The highest BCUT2D eigenvalue weighted by Crippen LogP contribution is 2.25. The molecule has 0 bridgehead atoms. The third-order valence-corrected chi connectivity index (χ3v) is 4.12. The van der Waals surface area contributed by atoms with Crippen LogP contribution in [0.4, 0.5) is 5.69 Å². The smallest absolute Gasteiger partial charge is 0.343 e. The number of anilines is 1. The summed E-state index contributed by atoms with van der Waals surface area (Å²) in [6.07, 6.45) is 0.329. The van der Waals surface area contributed by atoms with Crippen LogP contribution in [0.1, 0.15) is 23.7 Å². The Morgan fingerprint density at radius 1 is 0.800 bits per heavy atom. The third kappa shape index (κ3) is 6.10. The fourth-order valence-corrected chi connectivity index (χ4v) is 2.60. The number of rotatable bonds is 9. The predicted octanol–water partition coefficient (Wildman–Crippen LogP) is 4.71. The Hall–Kier alpha value is -3.80. The molecule has 0 atom stereocenters. The monoisotopic (exact) mass is 405 g/mol. The summed E-state index contributed by atoms with van der Waals surface area (Å²) in [5, 5.41) is 2.72. The van der Waals surface area contributed by atoms with E-state index in [9.17, 15) is 9.59 Å². The number of para-hydroxylation sites is 3. The average molecular weight is 405 g/mol.